The quantitative estimate of drug-likeness (QED) is 0.792. The van der Waals surface area contributed by atoms with E-state index in [-0.39, 0.29) is 0 Å². The number of pyridine rings is 1. The van der Waals surface area contributed by atoms with Gasteiger partial charge in [0.1, 0.15) is 5.82 Å². The van der Waals surface area contributed by atoms with Gasteiger partial charge in [-0.25, -0.2) is 4.98 Å². The van der Waals surface area contributed by atoms with Crippen molar-refractivity contribution in [1.29, 1.82) is 0 Å². The van der Waals surface area contributed by atoms with E-state index in [1.165, 1.54) is 12.0 Å². The summed E-state index contributed by atoms with van der Waals surface area (Å²) < 4.78 is 0. The molecule has 0 saturated carbocycles. The van der Waals surface area contributed by atoms with Gasteiger partial charge in [-0.15, -0.1) is 0 Å². The van der Waals surface area contributed by atoms with Gasteiger partial charge in [-0.1, -0.05) is 13.8 Å². The van der Waals surface area contributed by atoms with Gasteiger partial charge in [0, 0.05) is 18.8 Å². The predicted octanol–water partition coefficient (Wildman–Crippen LogP) is 1.98. The standard InChI is InChI=1S/C12H19N3/c1-9(2)10-3-6-14-12(7-10)15-11-4-5-13-8-11/h3,6-7,9,11,13H,4-5,8H2,1-2H3,(H,14,15). The maximum Gasteiger partial charge on any atom is 0.126 e. The van der Waals surface area contributed by atoms with Crippen molar-refractivity contribution in [2.75, 3.05) is 18.4 Å². The highest BCUT2D eigenvalue weighted by Gasteiger charge is 2.14. The molecule has 3 nitrogen and oxygen atoms in total. The Morgan fingerprint density at radius 3 is 3.07 bits per heavy atom. The molecule has 1 aromatic rings. The largest absolute Gasteiger partial charge is 0.366 e. The van der Waals surface area contributed by atoms with Crippen LogP contribution in [0, 0.1) is 0 Å². The lowest BCUT2D eigenvalue weighted by Gasteiger charge is -2.13. The Kier molecular flexibility index (Phi) is 3.21. The number of nitrogens with one attached hydrogen (secondary N) is 2. The number of anilines is 1. The summed E-state index contributed by atoms with van der Waals surface area (Å²) in [5.41, 5.74) is 1.35. The lowest BCUT2D eigenvalue weighted by atomic mass is 10.1. The molecule has 1 aromatic heterocycles. The van der Waals surface area contributed by atoms with Crippen LogP contribution in [-0.4, -0.2) is 24.1 Å². The first-order chi connectivity index (χ1) is 7.25. The molecule has 1 aliphatic rings. The molecule has 1 saturated heterocycles. The zero-order valence-electron chi connectivity index (χ0n) is 9.46. The van der Waals surface area contributed by atoms with Gasteiger partial charge in [-0.3, -0.25) is 0 Å². The third-order valence-corrected chi connectivity index (χ3v) is 2.86. The van der Waals surface area contributed by atoms with Crippen LogP contribution in [0.1, 0.15) is 31.7 Å². The van der Waals surface area contributed by atoms with Gasteiger partial charge in [-0.2, -0.15) is 0 Å². The molecule has 3 heteroatoms. The van der Waals surface area contributed by atoms with Crippen molar-refractivity contribution in [2.24, 2.45) is 0 Å². The van der Waals surface area contributed by atoms with Gasteiger partial charge in [0.15, 0.2) is 0 Å². The lowest BCUT2D eigenvalue weighted by Crippen LogP contribution is -2.22. The minimum atomic E-state index is 0.542. The second-order valence-corrected chi connectivity index (χ2v) is 4.46. The molecule has 0 radical (unpaired) electrons. The molecule has 1 fully saturated rings. The van der Waals surface area contributed by atoms with E-state index in [9.17, 15) is 0 Å². The molecule has 82 valence electrons. The highest BCUT2D eigenvalue weighted by molar-refractivity contribution is 5.39. The summed E-state index contributed by atoms with van der Waals surface area (Å²) in [4.78, 5) is 4.35. The van der Waals surface area contributed by atoms with E-state index in [0.717, 1.165) is 18.9 Å². The molecule has 2 rings (SSSR count). The fraction of sp³-hybridized carbons (Fsp3) is 0.583. The Bertz CT molecular complexity index is 316. The second kappa shape index (κ2) is 4.62. The Labute approximate surface area is 91.3 Å². The average molecular weight is 205 g/mol. The van der Waals surface area contributed by atoms with Crippen LogP contribution in [0.4, 0.5) is 5.82 Å². The van der Waals surface area contributed by atoms with Crippen molar-refractivity contribution < 1.29 is 0 Å². The van der Waals surface area contributed by atoms with E-state index < -0.39 is 0 Å². The first kappa shape index (κ1) is 10.4. The Hall–Kier alpha value is -1.09. The SMILES string of the molecule is CC(C)c1ccnc(NC2CCNC2)c1. The minimum absolute atomic E-state index is 0.542. The van der Waals surface area contributed by atoms with Crippen molar-refractivity contribution >= 4 is 5.82 Å². The van der Waals surface area contributed by atoms with Gasteiger partial charge in [-0.05, 0) is 36.6 Å². The summed E-state index contributed by atoms with van der Waals surface area (Å²) in [7, 11) is 0. The van der Waals surface area contributed by atoms with Crippen molar-refractivity contribution in [3.8, 4) is 0 Å². The summed E-state index contributed by atoms with van der Waals surface area (Å²) in [6, 6.07) is 4.78. The highest BCUT2D eigenvalue weighted by atomic mass is 15.1. The first-order valence-corrected chi connectivity index (χ1v) is 5.69. The third-order valence-electron chi connectivity index (χ3n) is 2.86. The van der Waals surface area contributed by atoms with E-state index in [1.54, 1.807) is 0 Å². The Balaban J connectivity index is 2.04. The smallest absolute Gasteiger partial charge is 0.126 e. The van der Waals surface area contributed by atoms with Crippen LogP contribution in [0.3, 0.4) is 0 Å². The third kappa shape index (κ3) is 2.69. The molecule has 2 N–H and O–H groups in total. The van der Waals surface area contributed by atoms with E-state index in [4.69, 9.17) is 0 Å². The Morgan fingerprint density at radius 2 is 2.40 bits per heavy atom. The van der Waals surface area contributed by atoms with Crippen LogP contribution in [0.15, 0.2) is 18.3 Å². The molecule has 0 amide bonds. The van der Waals surface area contributed by atoms with Gasteiger partial charge >= 0.3 is 0 Å². The fourth-order valence-corrected chi connectivity index (χ4v) is 1.87. The van der Waals surface area contributed by atoms with E-state index in [0.29, 0.717) is 12.0 Å². The lowest BCUT2D eigenvalue weighted by molar-refractivity contribution is 0.785. The maximum absolute atomic E-state index is 4.35. The number of rotatable bonds is 3. The van der Waals surface area contributed by atoms with Crippen LogP contribution in [0.2, 0.25) is 0 Å². The van der Waals surface area contributed by atoms with Crippen LogP contribution in [0.25, 0.3) is 0 Å². The summed E-state index contributed by atoms with van der Waals surface area (Å²) in [5, 5.41) is 6.80. The number of nitrogens with zero attached hydrogens (tertiary/aromatic N) is 1. The molecular weight excluding hydrogens is 186 g/mol. The average Bonchev–Trinajstić information content (AvgIpc) is 2.71. The summed E-state index contributed by atoms with van der Waals surface area (Å²) in [5.74, 6) is 1.57. The van der Waals surface area contributed by atoms with E-state index in [1.807, 2.05) is 6.20 Å². The predicted molar refractivity (Wildman–Crippen MR) is 63.2 cm³/mol. The zero-order chi connectivity index (χ0) is 10.7. The van der Waals surface area contributed by atoms with Gasteiger partial charge in [0.05, 0.1) is 0 Å². The molecule has 0 bridgehead atoms. The molecule has 0 spiro atoms. The molecule has 1 atom stereocenters. The fourth-order valence-electron chi connectivity index (χ4n) is 1.87. The van der Waals surface area contributed by atoms with Gasteiger partial charge < -0.3 is 10.6 Å². The van der Waals surface area contributed by atoms with Crippen LogP contribution in [-0.2, 0) is 0 Å². The molecule has 1 unspecified atom stereocenters. The summed E-state index contributed by atoms with van der Waals surface area (Å²) in [6.45, 7) is 6.57. The summed E-state index contributed by atoms with van der Waals surface area (Å²) >= 11 is 0. The monoisotopic (exact) mass is 205 g/mol. The normalized spacial score (nSPS) is 20.9. The van der Waals surface area contributed by atoms with Crippen LogP contribution in [0.5, 0.6) is 0 Å². The van der Waals surface area contributed by atoms with Crippen LogP contribution >= 0.6 is 0 Å². The molecule has 0 aromatic carbocycles. The second-order valence-electron chi connectivity index (χ2n) is 4.46. The molecule has 15 heavy (non-hydrogen) atoms. The molecule has 1 aliphatic heterocycles. The Morgan fingerprint density at radius 1 is 1.53 bits per heavy atom. The van der Waals surface area contributed by atoms with Gasteiger partial charge in [0.25, 0.3) is 0 Å². The van der Waals surface area contributed by atoms with Crippen molar-refractivity contribution in [3.63, 3.8) is 0 Å². The number of hydrogen-bond donors (Lipinski definition) is 2. The van der Waals surface area contributed by atoms with Crippen molar-refractivity contribution in [1.82, 2.24) is 10.3 Å². The molecule has 2 heterocycles. The molecule has 0 aliphatic carbocycles. The molecular formula is C12H19N3. The van der Waals surface area contributed by atoms with Gasteiger partial charge in [0.2, 0.25) is 0 Å². The number of aromatic nitrogens is 1. The van der Waals surface area contributed by atoms with Crippen molar-refractivity contribution in [3.05, 3.63) is 23.9 Å². The van der Waals surface area contributed by atoms with E-state index in [2.05, 4.69) is 41.6 Å². The first-order valence-electron chi connectivity index (χ1n) is 5.69. The topological polar surface area (TPSA) is 37.0 Å². The summed E-state index contributed by atoms with van der Waals surface area (Å²) in [6.07, 6.45) is 3.08. The van der Waals surface area contributed by atoms with Crippen molar-refractivity contribution in [2.45, 2.75) is 32.2 Å². The van der Waals surface area contributed by atoms with Crippen LogP contribution < -0.4 is 10.6 Å². The zero-order valence-corrected chi connectivity index (χ0v) is 9.46. The van der Waals surface area contributed by atoms with E-state index >= 15 is 0 Å². The highest BCUT2D eigenvalue weighted by Crippen LogP contribution is 2.17. The minimum Gasteiger partial charge on any atom is -0.366 e. The maximum atomic E-state index is 4.35. The number of hydrogen-bond acceptors (Lipinski definition) is 3.